The molecule has 0 rings (SSSR count). The van der Waals surface area contributed by atoms with Crippen molar-refractivity contribution in [1.82, 2.24) is 0 Å². The fourth-order valence-corrected chi connectivity index (χ4v) is 0. The van der Waals surface area contributed by atoms with Crippen LogP contribution in [0.15, 0.2) is 0 Å². The summed E-state index contributed by atoms with van der Waals surface area (Å²) in [7, 11) is 0. The molecule has 1 N–H and O–H groups in total. The Morgan fingerprint density at radius 1 is 2.00 bits per heavy atom. The Hall–Kier alpha value is 0.911. The fraction of sp³-hybridized carbons (Fsp3) is 0. The second-order valence-electron chi connectivity index (χ2n) is 0.167. The first-order chi connectivity index (χ1) is 2.41. The van der Waals surface area contributed by atoms with Gasteiger partial charge in [-0.25, -0.2) is 5.26 Å². The number of rotatable bonds is 2. The monoisotopic (exact) mass is 276 g/mol. The molecule has 0 aromatic heterocycles. The Balaban J connectivity index is -0.0000000800. The molecule has 0 atom stereocenters. The molecule has 0 bridgehead atoms. The van der Waals surface area contributed by atoms with Crippen molar-refractivity contribution in [1.29, 1.82) is 1.43 Å². The van der Waals surface area contributed by atoms with Crippen LogP contribution >= 0.6 is 0 Å². The van der Waals surface area contributed by atoms with Crippen LogP contribution in [-0.4, -0.2) is 11.7 Å². The zero-order valence-corrected chi connectivity index (χ0v) is 5.29. The second kappa shape index (κ2) is 16.8. The van der Waals surface area contributed by atoms with Gasteiger partial charge in [0, 0.05) is 22.4 Å². The summed E-state index contributed by atoms with van der Waals surface area (Å²) >= 11 is 0. The van der Waals surface area contributed by atoms with Crippen LogP contribution in [0.3, 0.4) is 0 Å². The van der Waals surface area contributed by atoms with Crippen molar-refractivity contribution in [3.8, 4) is 0 Å². The van der Waals surface area contributed by atoms with Crippen molar-refractivity contribution in [2.75, 3.05) is 0 Å². The summed E-state index contributed by atoms with van der Waals surface area (Å²) in [6, 6.07) is 0. The standard InChI is InChI=1S/CHO3.2Ag/c2-1-4-3;;/h3H;;/q-1;;+1/i/hD. The van der Waals surface area contributed by atoms with E-state index in [1.807, 2.05) is 0 Å². The van der Waals surface area contributed by atoms with Crippen LogP contribution in [0.5, 0.6) is 0 Å². The molecule has 0 aromatic carbocycles. The van der Waals surface area contributed by atoms with E-state index in [0.717, 1.165) is 6.47 Å². The van der Waals surface area contributed by atoms with E-state index in [-0.39, 0.29) is 44.8 Å². The molecule has 0 heterocycles. The maximum Gasteiger partial charge on any atom is 1.00 e. The van der Waals surface area contributed by atoms with Crippen molar-refractivity contribution < 1.29 is 59.7 Å². The molecule has 1 radical (unpaired) electrons. The molecule has 0 spiro atoms. The van der Waals surface area contributed by atoms with Gasteiger partial charge in [0.15, 0.2) is 0 Å². The van der Waals surface area contributed by atoms with E-state index in [1.54, 1.807) is 0 Å². The second-order valence-corrected chi connectivity index (χ2v) is 0.167. The Kier molecular flexibility index (Phi) is 28.1. The molecule has 0 saturated carbocycles. The van der Waals surface area contributed by atoms with Crippen molar-refractivity contribution in [3.05, 3.63) is 0 Å². The van der Waals surface area contributed by atoms with Crippen LogP contribution in [0.2, 0.25) is 0 Å². The molecule has 0 saturated heterocycles. The molecular formula is CHAg2O3. The van der Waals surface area contributed by atoms with Gasteiger partial charge in [-0.3, -0.25) is 0 Å². The van der Waals surface area contributed by atoms with E-state index in [4.69, 9.17) is 6.23 Å². The van der Waals surface area contributed by atoms with Gasteiger partial charge < -0.3 is 9.68 Å². The Morgan fingerprint density at radius 2 is 2.50 bits per heavy atom. The fourth-order valence-electron chi connectivity index (χ4n) is 0. The zero-order valence-electron chi connectivity index (χ0n) is 3.33. The van der Waals surface area contributed by atoms with Gasteiger partial charge in [0.2, 0.25) is 0 Å². The molecule has 3 nitrogen and oxygen atoms in total. The normalized spacial score (nSPS) is 5.67. The first-order valence-electron chi connectivity index (χ1n) is 0.983. The molecule has 45 valence electrons. The van der Waals surface area contributed by atoms with Crippen molar-refractivity contribution >= 4 is 6.47 Å². The molecule has 0 aliphatic heterocycles. The van der Waals surface area contributed by atoms with E-state index >= 15 is 0 Å². The van der Waals surface area contributed by atoms with Gasteiger partial charge >= 0.3 is 22.4 Å². The van der Waals surface area contributed by atoms with E-state index in [0.29, 0.717) is 0 Å². The summed E-state index contributed by atoms with van der Waals surface area (Å²) in [6.07, 6.45) is 0. The number of carbonyl (C=O) groups excluding carboxylic acids is 1. The van der Waals surface area contributed by atoms with E-state index in [2.05, 4.69) is 10.1 Å². The van der Waals surface area contributed by atoms with Gasteiger partial charge in [0.1, 0.15) is 0 Å². The average molecular weight is 278 g/mol. The number of hydrogen-bond donors (Lipinski definition) is 1. The number of hydrogen-bond acceptors (Lipinski definition) is 3. The molecular weight excluding hydrogens is 276 g/mol. The Bertz CT molecular complexity index is 34.1. The van der Waals surface area contributed by atoms with Crippen LogP contribution < -0.4 is 0 Å². The quantitative estimate of drug-likeness (QED) is 0.322. The third-order valence-electron chi connectivity index (χ3n) is 0.0340. The molecule has 0 unspecified atom stereocenters. The first kappa shape index (κ1) is 10.0. The summed E-state index contributed by atoms with van der Waals surface area (Å²) in [4.78, 5) is 12.0. The smallest absolute Gasteiger partial charge is 0.509 e. The average Bonchev–Trinajstić information content (AvgIpc) is 1.41. The molecule has 5 heteroatoms. The van der Waals surface area contributed by atoms with Gasteiger partial charge in [-0.1, -0.05) is 0 Å². The summed E-state index contributed by atoms with van der Waals surface area (Å²) in [6.45, 7) is 0.858. The van der Waals surface area contributed by atoms with E-state index < -0.39 is 0 Å². The van der Waals surface area contributed by atoms with Gasteiger partial charge in [0.25, 0.3) is 1.43 Å². The van der Waals surface area contributed by atoms with Crippen molar-refractivity contribution in [2.45, 2.75) is 0 Å². The summed E-state index contributed by atoms with van der Waals surface area (Å²) in [5.74, 6) is 0. The minimum Gasteiger partial charge on any atom is -0.509 e. The molecule has 0 amide bonds. The van der Waals surface area contributed by atoms with E-state index in [9.17, 15) is 0 Å². The van der Waals surface area contributed by atoms with Crippen LogP contribution in [0, 0.1) is 0 Å². The summed E-state index contributed by atoms with van der Waals surface area (Å²) in [5.41, 5.74) is 0. The summed E-state index contributed by atoms with van der Waals surface area (Å²) < 4.78 is 5.62. The minimum absolute atomic E-state index is 0. The largest absolute Gasteiger partial charge is 1.00 e. The maximum absolute atomic E-state index is 8.81. The third kappa shape index (κ3) is 20.6. The Morgan fingerprint density at radius 3 is 2.50 bits per heavy atom. The van der Waals surface area contributed by atoms with Crippen LogP contribution in [0.25, 0.3) is 1.43 Å². The molecule has 0 fully saturated rings. The van der Waals surface area contributed by atoms with Gasteiger partial charge in [0.05, 0.1) is 0 Å². The summed E-state index contributed by atoms with van der Waals surface area (Å²) in [5, 5.41) is 3.02. The minimum atomic E-state index is 0. The van der Waals surface area contributed by atoms with Crippen molar-refractivity contribution in [2.24, 2.45) is 0 Å². The first-order valence-corrected chi connectivity index (χ1v) is 0.575. The molecule has 6 heavy (non-hydrogen) atoms. The Labute approximate surface area is 67.5 Å². The van der Waals surface area contributed by atoms with Gasteiger partial charge in [-0.2, -0.15) is 0 Å². The van der Waals surface area contributed by atoms with Gasteiger partial charge in [-0.15, -0.1) is 0 Å². The van der Waals surface area contributed by atoms with Gasteiger partial charge in [-0.05, 0) is 6.47 Å². The molecule has 0 aliphatic carbocycles. The van der Waals surface area contributed by atoms with E-state index in [1.165, 1.54) is 0 Å². The van der Waals surface area contributed by atoms with Crippen LogP contribution in [-0.2, 0) is 54.4 Å². The molecule has 0 aromatic rings. The zero-order chi connectivity index (χ0) is 4.12. The topological polar surface area (TPSA) is 46.5 Å². The van der Waals surface area contributed by atoms with Crippen molar-refractivity contribution in [3.63, 3.8) is 0 Å². The van der Waals surface area contributed by atoms with Crippen LogP contribution in [0.1, 0.15) is 0 Å². The third-order valence-corrected chi connectivity index (χ3v) is 0.0340. The van der Waals surface area contributed by atoms with Crippen LogP contribution in [0.4, 0.5) is 0 Å². The predicted octanol–water partition coefficient (Wildman–Crippen LogP) is -0.462. The maximum atomic E-state index is 8.81. The SMILES string of the molecule is [2H]OO[C-]=O.[Ag+].[Ag]. The molecule has 0 aliphatic rings. The predicted molar refractivity (Wildman–Crippen MR) is 9.41 cm³/mol.